The molecule has 6 heteroatoms. The van der Waals surface area contributed by atoms with Crippen molar-refractivity contribution < 1.29 is 4.42 Å². The van der Waals surface area contributed by atoms with Crippen LogP contribution in [-0.2, 0) is 6.54 Å². The van der Waals surface area contributed by atoms with Gasteiger partial charge in [0.1, 0.15) is 5.76 Å². The second-order valence-electron chi connectivity index (χ2n) is 8.22. The van der Waals surface area contributed by atoms with E-state index in [-0.39, 0.29) is 0 Å². The highest BCUT2D eigenvalue weighted by Gasteiger charge is 2.21. The van der Waals surface area contributed by atoms with Gasteiger partial charge in [-0.3, -0.25) is 9.89 Å². The Morgan fingerprint density at radius 1 is 1.31 bits per heavy atom. The number of aromatic nitrogens is 1. The van der Waals surface area contributed by atoms with Gasteiger partial charge in [0.05, 0.1) is 12.2 Å². The normalized spacial score (nSPS) is 16.2. The minimum atomic E-state index is 0.661. The van der Waals surface area contributed by atoms with E-state index in [0.29, 0.717) is 5.92 Å². The minimum Gasteiger partial charge on any atom is -0.444 e. The number of guanidine groups is 1. The Labute approximate surface area is 177 Å². The van der Waals surface area contributed by atoms with Crippen molar-refractivity contribution in [2.45, 2.75) is 65.8 Å². The molecule has 0 spiro atoms. The first-order valence-corrected chi connectivity index (χ1v) is 11.3. The van der Waals surface area contributed by atoms with Crippen molar-refractivity contribution in [3.05, 3.63) is 30.0 Å². The molecule has 0 aliphatic carbocycles. The zero-order valence-corrected chi connectivity index (χ0v) is 19.0. The summed E-state index contributed by atoms with van der Waals surface area (Å²) < 4.78 is 5.74. The number of hydrogen-bond acceptors (Lipinski definition) is 4. The molecule has 1 saturated heterocycles. The number of oxazole rings is 1. The van der Waals surface area contributed by atoms with Gasteiger partial charge in [0.25, 0.3) is 0 Å². The van der Waals surface area contributed by atoms with E-state index < -0.39 is 0 Å². The van der Waals surface area contributed by atoms with Crippen LogP contribution in [-0.4, -0.2) is 60.5 Å². The van der Waals surface area contributed by atoms with Crippen LogP contribution < -0.4 is 5.32 Å². The third-order valence-corrected chi connectivity index (χ3v) is 5.74. The number of aliphatic imine (C=N–C) groups is 1. The molecule has 0 saturated carbocycles. The molecule has 164 valence electrons. The second kappa shape index (κ2) is 12.7. The van der Waals surface area contributed by atoms with Crippen LogP contribution in [0.4, 0.5) is 0 Å². The highest BCUT2D eigenvalue weighted by molar-refractivity contribution is 5.79. The topological polar surface area (TPSA) is 56.9 Å². The fourth-order valence-electron chi connectivity index (χ4n) is 3.73. The van der Waals surface area contributed by atoms with E-state index in [1.54, 1.807) is 0 Å². The van der Waals surface area contributed by atoms with Gasteiger partial charge in [0.15, 0.2) is 5.96 Å². The number of allylic oxidation sites excluding steroid dienone is 1. The van der Waals surface area contributed by atoms with Crippen LogP contribution >= 0.6 is 0 Å². The first kappa shape index (κ1) is 23.5. The third-order valence-electron chi connectivity index (χ3n) is 5.74. The van der Waals surface area contributed by atoms with E-state index in [0.717, 1.165) is 69.0 Å². The summed E-state index contributed by atoms with van der Waals surface area (Å²) in [5.74, 6) is 3.49. The average molecular weight is 404 g/mol. The Balaban J connectivity index is 1.74. The zero-order valence-electron chi connectivity index (χ0n) is 19.0. The maximum atomic E-state index is 5.74. The van der Waals surface area contributed by atoms with E-state index in [1.807, 2.05) is 19.9 Å². The van der Waals surface area contributed by atoms with Gasteiger partial charge in [-0.25, -0.2) is 4.98 Å². The van der Waals surface area contributed by atoms with Gasteiger partial charge < -0.3 is 14.6 Å². The summed E-state index contributed by atoms with van der Waals surface area (Å²) in [7, 11) is 2.15. The first-order chi connectivity index (χ1) is 14.0. The Bertz CT molecular complexity index is 612. The summed E-state index contributed by atoms with van der Waals surface area (Å²) in [6.45, 7) is 15.8. The van der Waals surface area contributed by atoms with E-state index in [2.05, 4.69) is 40.7 Å². The lowest BCUT2D eigenvalue weighted by Gasteiger charge is -2.30. The number of likely N-dealkylation sites (tertiary alicyclic amines) is 1. The van der Waals surface area contributed by atoms with Crippen molar-refractivity contribution in [1.29, 1.82) is 0 Å². The largest absolute Gasteiger partial charge is 0.444 e. The number of nitrogens with one attached hydrogen (secondary N) is 1. The fourth-order valence-corrected chi connectivity index (χ4v) is 3.73. The van der Waals surface area contributed by atoms with E-state index in [4.69, 9.17) is 9.41 Å². The molecule has 2 heterocycles. The molecular weight excluding hydrogens is 362 g/mol. The van der Waals surface area contributed by atoms with E-state index >= 15 is 0 Å². The number of rotatable bonds is 11. The summed E-state index contributed by atoms with van der Waals surface area (Å²) >= 11 is 0. The number of nitrogens with zero attached hydrogens (tertiary/aromatic N) is 4. The van der Waals surface area contributed by atoms with Crippen LogP contribution in [0.25, 0.3) is 0 Å². The van der Waals surface area contributed by atoms with Gasteiger partial charge in [-0.05, 0) is 71.9 Å². The molecule has 1 aliphatic rings. The van der Waals surface area contributed by atoms with Crippen LogP contribution in [0.3, 0.4) is 0 Å². The maximum absolute atomic E-state index is 5.74. The van der Waals surface area contributed by atoms with Crippen molar-refractivity contribution in [1.82, 2.24) is 20.1 Å². The number of piperidine rings is 1. The lowest BCUT2D eigenvalue weighted by molar-refractivity contribution is 0.166. The summed E-state index contributed by atoms with van der Waals surface area (Å²) in [5, 5.41) is 3.45. The lowest BCUT2D eigenvalue weighted by atomic mass is 9.97. The van der Waals surface area contributed by atoms with Crippen molar-refractivity contribution in [2.24, 2.45) is 10.9 Å². The van der Waals surface area contributed by atoms with Crippen LogP contribution in [0.15, 0.2) is 22.1 Å². The number of aryl methyl sites for hydroxylation is 2. The number of unbranched alkanes of at least 4 members (excludes halogenated alkanes) is 3. The van der Waals surface area contributed by atoms with Crippen LogP contribution in [0.2, 0.25) is 0 Å². The average Bonchev–Trinajstić information content (AvgIpc) is 3.03. The fraction of sp³-hybridized carbons (Fsp3) is 0.739. The first-order valence-electron chi connectivity index (χ1n) is 11.3. The lowest BCUT2D eigenvalue weighted by Crippen LogP contribution is -2.40. The Hall–Kier alpha value is -1.82. The van der Waals surface area contributed by atoms with Gasteiger partial charge >= 0.3 is 0 Å². The molecule has 1 fully saturated rings. The molecule has 1 aliphatic heterocycles. The maximum Gasteiger partial charge on any atom is 0.208 e. The van der Waals surface area contributed by atoms with Crippen molar-refractivity contribution in [2.75, 3.05) is 39.8 Å². The standard InChI is InChI=1S/C23H41N5O/c1-6-8-9-10-11-14-27(5)23(24-7-2)25-17-21-12-15-28(16-13-21)18-22-26-19(3)20(4)29-22/h6,21H,1,7-18H2,2-5H3,(H,24,25). The van der Waals surface area contributed by atoms with E-state index in [1.165, 1.54) is 32.1 Å². The zero-order chi connectivity index (χ0) is 21.1. The second-order valence-corrected chi connectivity index (χ2v) is 8.22. The highest BCUT2D eigenvalue weighted by atomic mass is 16.4. The predicted octanol–water partition coefficient (Wildman–Crippen LogP) is 4.15. The third kappa shape index (κ3) is 8.21. The molecule has 0 amide bonds. The van der Waals surface area contributed by atoms with Gasteiger partial charge in [0.2, 0.25) is 5.89 Å². The van der Waals surface area contributed by atoms with Gasteiger partial charge in [0, 0.05) is 26.7 Å². The monoisotopic (exact) mass is 403 g/mol. The van der Waals surface area contributed by atoms with Gasteiger partial charge in [-0.15, -0.1) is 6.58 Å². The molecule has 1 aromatic heterocycles. The summed E-state index contributed by atoms with van der Waals surface area (Å²) in [6, 6.07) is 0. The molecule has 0 unspecified atom stereocenters. The highest BCUT2D eigenvalue weighted by Crippen LogP contribution is 2.20. The van der Waals surface area contributed by atoms with Crippen LogP contribution in [0.1, 0.15) is 62.8 Å². The van der Waals surface area contributed by atoms with Crippen molar-refractivity contribution in [3.8, 4) is 0 Å². The summed E-state index contributed by atoms with van der Waals surface area (Å²) in [4.78, 5) is 14.2. The Kier molecular flexibility index (Phi) is 10.3. The molecule has 29 heavy (non-hydrogen) atoms. The Morgan fingerprint density at radius 2 is 2.07 bits per heavy atom. The molecule has 1 N–H and O–H groups in total. The molecule has 0 atom stereocenters. The Morgan fingerprint density at radius 3 is 2.69 bits per heavy atom. The molecule has 0 bridgehead atoms. The summed E-state index contributed by atoms with van der Waals surface area (Å²) in [5.41, 5.74) is 1.00. The SMILES string of the molecule is C=CCCCCCN(C)C(=NCC1CCN(Cc2nc(C)c(C)o2)CC1)NCC. The summed E-state index contributed by atoms with van der Waals surface area (Å²) in [6.07, 6.45) is 9.18. The molecule has 1 aromatic rings. The molecule has 2 rings (SSSR count). The predicted molar refractivity (Wildman–Crippen MR) is 121 cm³/mol. The van der Waals surface area contributed by atoms with Crippen LogP contribution in [0, 0.1) is 19.8 Å². The number of hydrogen-bond donors (Lipinski definition) is 1. The van der Waals surface area contributed by atoms with Gasteiger partial charge in [-0.1, -0.05) is 12.5 Å². The smallest absolute Gasteiger partial charge is 0.208 e. The molecule has 6 nitrogen and oxygen atoms in total. The molecule has 0 radical (unpaired) electrons. The van der Waals surface area contributed by atoms with Crippen LogP contribution in [0.5, 0.6) is 0 Å². The quantitative estimate of drug-likeness (QED) is 0.260. The molecular formula is C23H41N5O. The van der Waals surface area contributed by atoms with Crippen molar-refractivity contribution in [3.63, 3.8) is 0 Å². The van der Waals surface area contributed by atoms with Crippen molar-refractivity contribution >= 4 is 5.96 Å². The van der Waals surface area contributed by atoms with Gasteiger partial charge in [-0.2, -0.15) is 0 Å². The minimum absolute atomic E-state index is 0.661. The molecule has 0 aromatic carbocycles. The van der Waals surface area contributed by atoms with E-state index in [9.17, 15) is 0 Å².